The number of pyridine rings is 1. The van der Waals surface area contributed by atoms with Crippen molar-refractivity contribution in [3.63, 3.8) is 0 Å². The van der Waals surface area contributed by atoms with Crippen molar-refractivity contribution >= 4 is 23.5 Å². The van der Waals surface area contributed by atoms with Crippen LogP contribution in [-0.2, 0) is 19.1 Å². The molecule has 1 aromatic heterocycles. The molecule has 0 radical (unpaired) electrons. The van der Waals surface area contributed by atoms with Crippen molar-refractivity contribution in [2.75, 3.05) is 0 Å². The number of rotatable bonds is 4. The van der Waals surface area contributed by atoms with E-state index in [4.69, 9.17) is 21.1 Å². The van der Waals surface area contributed by atoms with Crippen molar-refractivity contribution in [1.82, 2.24) is 4.98 Å². The molecule has 6 rings (SSSR count). The second-order valence-electron chi connectivity index (χ2n) is 13.7. The maximum atomic E-state index is 13.9. The number of fused-ring (bicyclic) bond motifs is 5. The zero-order valence-electron chi connectivity index (χ0n) is 23.8. The van der Waals surface area contributed by atoms with E-state index in [-0.39, 0.29) is 46.8 Å². The number of carbonyl (C=O) groups is 2. The van der Waals surface area contributed by atoms with Gasteiger partial charge >= 0.3 is 11.9 Å². The molecule has 0 aromatic carbocycles. The molecule has 5 nitrogen and oxygen atoms in total. The number of hydrogen-bond acceptors (Lipinski definition) is 5. The van der Waals surface area contributed by atoms with E-state index in [0.717, 1.165) is 76.3 Å². The lowest BCUT2D eigenvalue weighted by Crippen LogP contribution is -2.51. The lowest BCUT2D eigenvalue weighted by Gasteiger charge is -2.58. The predicted molar refractivity (Wildman–Crippen MR) is 151 cm³/mol. The molecule has 0 spiro atoms. The smallest absolute Gasteiger partial charge is 0.309 e. The van der Waals surface area contributed by atoms with E-state index in [0.29, 0.717) is 22.8 Å². The summed E-state index contributed by atoms with van der Waals surface area (Å²) in [6, 6.07) is 3.75. The van der Waals surface area contributed by atoms with Gasteiger partial charge in [0.2, 0.25) is 0 Å². The minimum atomic E-state index is -0.168. The lowest BCUT2D eigenvalue weighted by atomic mass is 9.47. The number of nitrogens with zero attached hydrogens (tertiary/aromatic N) is 1. The molecule has 6 heteroatoms. The summed E-state index contributed by atoms with van der Waals surface area (Å²) >= 11 is 6.28. The molecule has 9 atom stereocenters. The zero-order chi connectivity index (χ0) is 27.4. The van der Waals surface area contributed by atoms with Gasteiger partial charge < -0.3 is 9.47 Å². The summed E-state index contributed by atoms with van der Waals surface area (Å²) in [5.41, 5.74) is 2.67. The van der Waals surface area contributed by atoms with Crippen LogP contribution in [0.1, 0.15) is 109 Å². The molecule has 0 N–H and O–H groups in total. The first-order valence-electron chi connectivity index (χ1n) is 15.4. The number of ether oxygens (including phenoxy) is 2. The van der Waals surface area contributed by atoms with Gasteiger partial charge in [-0.1, -0.05) is 43.5 Å². The van der Waals surface area contributed by atoms with Crippen molar-refractivity contribution in [2.24, 2.45) is 34.5 Å². The van der Waals surface area contributed by atoms with Crippen LogP contribution in [0.4, 0.5) is 0 Å². The van der Waals surface area contributed by atoms with Gasteiger partial charge in [-0.25, -0.2) is 0 Å². The Kier molecular flexibility index (Phi) is 7.35. The van der Waals surface area contributed by atoms with Gasteiger partial charge in [0.25, 0.3) is 0 Å². The van der Waals surface area contributed by atoms with Gasteiger partial charge in [-0.2, -0.15) is 0 Å². The highest BCUT2D eigenvalue weighted by molar-refractivity contribution is 6.30. The van der Waals surface area contributed by atoms with Gasteiger partial charge in [0.1, 0.15) is 12.2 Å². The molecule has 1 aromatic rings. The topological polar surface area (TPSA) is 65.5 Å². The standard InChI is InChI=1S/C33H44ClNO4/c1-20(36)38-23-12-15-32(2)21(18-23)8-9-24-26-10-11-28(33(26,3)16-13-27(24)32)31(37)39-30-7-5-4-6-25(30)29-19-22(34)14-17-35-29/h8,14,17,19,23-28,30H,4-7,9-13,15-16,18H2,1-3H3/t23-,24-,25+,26-,27-,28+,30-,32-,33-/m0/s1. The van der Waals surface area contributed by atoms with Crippen LogP contribution in [0.25, 0.3) is 0 Å². The van der Waals surface area contributed by atoms with Crippen molar-refractivity contribution in [1.29, 1.82) is 0 Å². The molecule has 0 unspecified atom stereocenters. The van der Waals surface area contributed by atoms with Crippen molar-refractivity contribution in [2.45, 2.75) is 116 Å². The molecule has 5 aliphatic carbocycles. The Morgan fingerprint density at radius 2 is 1.82 bits per heavy atom. The van der Waals surface area contributed by atoms with Crippen LogP contribution < -0.4 is 0 Å². The summed E-state index contributed by atoms with van der Waals surface area (Å²) in [7, 11) is 0. The molecule has 39 heavy (non-hydrogen) atoms. The Morgan fingerprint density at radius 3 is 2.62 bits per heavy atom. The first-order valence-corrected chi connectivity index (χ1v) is 15.8. The third-order valence-electron chi connectivity index (χ3n) is 11.8. The van der Waals surface area contributed by atoms with Crippen LogP contribution in [-0.4, -0.2) is 29.1 Å². The van der Waals surface area contributed by atoms with Gasteiger partial charge in [-0.05, 0) is 105 Å². The minimum Gasteiger partial charge on any atom is -0.462 e. The molecule has 4 saturated carbocycles. The number of halogens is 1. The second-order valence-corrected chi connectivity index (χ2v) is 14.1. The first-order chi connectivity index (χ1) is 18.7. The number of carbonyl (C=O) groups excluding carboxylic acids is 2. The van der Waals surface area contributed by atoms with Gasteiger partial charge in [0, 0.05) is 36.2 Å². The van der Waals surface area contributed by atoms with Gasteiger partial charge in [0.15, 0.2) is 0 Å². The van der Waals surface area contributed by atoms with Crippen molar-refractivity contribution in [3.8, 4) is 0 Å². The fourth-order valence-electron chi connectivity index (χ4n) is 9.78. The SMILES string of the molecule is CC(=O)O[C@H]1CC[C@@]2(C)C(=CC[C@H]3[C@@H]4CC[C@H](C(=O)O[C@H]5CCCC[C@@H]5c5cc(Cl)ccn5)[C@@]4(C)CC[C@@H]32)C1. The fourth-order valence-corrected chi connectivity index (χ4v) is 9.95. The monoisotopic (exact) mass is 553 g/mol. The molecule has 0 saturated heterocycles. The zero-order valence-corrected chi connectivity index (χ0v) is 24.6. The third-order valence-corrected chi connectivity index (χ3v) is 12.0. The van der Waals surface area contributed by atoms with Crippen LogP contribution in [0.15, 0.2) is 30.0 Å². The summed E-state index contributed by atoms with van der Waals surface area (Å²) in [5, 5.41) is 0.691. The van der Waals surface area contributed by atoms with Gasteiger partial charge in [0.05, 0.1) is 5.92 Å². The number of esters is 2. The van der Waals surface area contributed by atoms with Crippen LogP contribution in [0.3, 0.4) is 0 Å². The number of hydrogen-bond donors (Lipinski definition) is 0. The summed E-state index contributed by atoms with van der Waals surface area (Å²) in [4.78, 5) is 30.0. The Balaban J connectivity index is 1.17. The molecule has 0 aliphatic heterocycles. The molecular weight excluding hydrogens is 510 g/mol. The quantitative estimate of drug-likeness (QED) is 0.281. The van der Waals surface area contributed by atoms with Crippen LogP contribution in [0.2, 0.25) is 5.02 Å². The molecule has 4 fully saturated rings. The molecule has 0 amide bonds. The summed E-state index contributed by atoms with van der Waals surface area (Å²) < 4.78 is 12.0. The Bertz CT molecular complexity index is 1150. The Hall–Kier alpha value is -1.88. The average molecular weight is 554 g/mol. The highest BCUT2D eigenvalue weighted by Crippen LogP contribution is 2.66. The summed E-state index contributed by atoms with van der Waals surface area (Å²) in [6.07, 6.45) is 16.7. The minimum absolute atomic E-state index is 0.00731. The van der Waals surface area contributed by atoms with E-state index in [1.165, 1.54) is 18.9 Å². The largest absolute Gasteiger partial charge is 0.462 e. The first kappa shape index (κ1) is 27.3. The van der Waals surface area contributed by atoms with E-state index < -0.39 is 0 Å². The highest BCUT2D eigenvalue weighted by atomic mass is 35.5. The highest BCUT2D eigenvalue weighted by Gasteiger charge is 2.60. The van der Waals surface area contributed by atoms with Crippen LogP contribution in [0.5, 0.6) is 0 Å². The summed E-state index contributed by atoms with van der Waals surface area (Å²) in [6.45, 7) is 6.38. The Labute approximate surface area is 238 Å². The van der Waals surface area contributed by atoms with Crippen LogP contribution in [0, 0.1) is 34.5 Å². The molecule has 212 valence electrons. The number of allylic oxidation sites excluding steroid dienone is 1. The molecular formula is C33H44ClNO4. The van der Waals surface area contributed by atoms with E-state index in [1.54, 1.807) is 12.3 Å². The maximum Gasteiger partial charge on any atom is 0.309 e. The second kappa shape index (κ2) is 10.5. The van der Waals surface area contributed by atoms with E-state index in [1.807, 2.05) is 6.07 Å². The third kappa shape index (κ3) is 4.85. The molecule has 5 aliphatic rings. The van der Waals surface area contributed by atoms with Crippen molar-refractivity contribution in [3.05, 3.63) is 40.7 Å². The molecule has 1 heterocycles. The predicted octanol–water partition coefficient (Wildman–Crippen LogP) is 7.82. The maximum absolute atomic E-state index is 13.9. The number of aromatic nitrogens is 1. The van der Waals surface area contributed by atoms with Crippen molar-refractivity contribution < 1.29 is 19.1 Å². The van der Waals surface area contributed by atoms with Crippen LogP contribution >= 0.6 is 11.6 Å². The Morgan fingerprint density at radius 1 is 1.00 bits per heavy atom. The normalized spacial score (nSPS) is 41.4. The van der Waals surface area contributed by atoms with E-state index >= 15 is 0 Å². The molecule has 0 bridgehead atoms. The lowest BCUT2D eigenvalue weighted by molar-refractivity contribution is -0.164. The fraction of sp³-hybridized carbons (Fsp3) is 0.727. The van der Waals surface area contributed by atoms with Gasteiger partial charge in [-0.15, -0.1) is 0 Å². The average Bonchev–Trinajstić information content (AvgIpc) is 3.26. The van der Waals surface area contributed by atoms with Gasteiger partial charge in [-0.3, -0.25) is 14.6 Å². The van der Waals surface area contributed by atoms with E-state index in [9.17, 15) is 9.59 Å². The summed E-state index contributed by atoms with van der Waals surface area (Å²) in [5.74, 6) is 1.81. The van der Waals surface area contributed by atoms with E-state index in [2.05, 4.69) is 24.9 Å².